The van der Waals surface area contributed by atoms with Crippen LogP contribution in [0.5, 0.6) is 5.75 Å². The maximum atomic E-state index is 13.8. The minimum atomic E-state index is -0.229. The summed E-state index contributed by atoms with van der Waals surface area (Å²) in [5.74, 6) is 0.846. The van der Waals surface area contributed by atoms with Crippen molar-refractivity contribution in [3.05, 3.63) is 107 Å². The van der Waals surface area contributed by atoms with Crippen LogP contribution in [0.1, 0.15) is 52.1 Å². The predicted octanol–water partition coefficient (Wildman–Crippen LogP) is 5.93. The van der Waals surface area contributed by atoms with Gasteiger partial charge in [-0.2, -0.15) is 5.10 Å². The fourth-order valence-electron chi connectivity index (χ4n) is 4.64. The molecule has 0 bridgehead atoms. The van der Waals surface area contributed by atoms with E-state index in [-0.39, 0.29) is 11.9 Å². The van der Waals surface area contributed by atoms with Crippen LogP contribution in [0.2, 0.25) is 0 Å². The molecule has 4 aromatic rings. The van der Waals surface area contributed by atoms with Crippen LogP contribution < -0.4 is 4.74 Å². The minimum absolute atomic E-state index is 0.00326. The Bertz CT molecular complexity index is 1290. The Morgan fingerprint density at radius 2 is 1.65 bits per heavy atom. The molecule has 5 rings (SSSR count). The number of aryl methyl sites for hydroxylation is 2. The molecule has 1 aliphatic heterocycles. The van der Waals surface area contributed by atoms with E-state index in [1.807, 2.05) is 42.3 Å². The van der Waals surface area contributed by atoms with E-state index in [0.717, 1.165) is 40.1 Å². The van der Waals surface area contributed by atoms with E-state index in [1.54, 1.807) is 4.68 Å². The fourth-order valence-corrected chi connectivity index (χ4v) is 4.64. The zero-order chi connectivity index (χ0) is 23.7. The summed E-state index contributed by atoms with van der Waals surface area (Å²) in [6.45, 7) is 5.38. The largest absolute Gasteiger partial charge is 0.494 e. The maximum absolute atomic E-state index is 13.8. The second-order valence-electron chi connectivity index (χ2n) is 8.84. The standard InChI is InChI=1S/C29H29N3O2/c1-4-18-34-24-16-14-23(15-17-24)27-25-26(22-12-10-20(2)11-13-22)30-31(3)28(25)29(33)32(27)19-21-8-6-5-7-9-21/h5-17,27H,4,18-19H2,1-3H3/t27-/m1/s1. The Balaban J connectivity index is 1.62. The number of amides is 1. The van der Waals surface area contributed by atoms with E-state index in [0.29, 0.717) is 18.8 Å². The van der Waals surface area contributed by atoms with Crippen LogP contribution in [0.25, 0.3) is 11.3 Å². The van der Waals surface area contributed by atoms with E-state index in [9.17, 15) is 4.79 Å². The van der Waals surface area contributed by atoms with Crippen LogP contribution >= 0.6 is 0 Å². The molecule has 34 heavy (non-hydrogen) atoms. The fraction of sp³-hybridized carbons (Fsp3) is 0.241. The lowest BCUT2D eigenvalue weighted by Crippen LogP contribution is -2.29. The summed E-state index contributed by atoms with van der Waals surface area (Å²) in [6, 6.07) is 26.4. The lowest BCUT2D eigenvalue weighted by Gasteiger charge is -2.27. The average Bonchev–Trinajstić information content (AvgIpc) is 3.34. The van der Waals surface area contributed by atoms with Crippen molar-refractivity contribution in [2.45, 2.75) is 32.9 Å². The number of aromatic nitrogens is 2. The monoisotopic (exact) mass is 451 g/mol. The number of rotatable bonds is 7. The van der Waals surface area contributed by atoms with Crippen LogP contribution in [-0.4, -0.2) is 27.2 Å². The molecular weight excluding hydrogens is 422 g/mol. The first-order chi connectivity index (χ1) is 16.6. The normalized spacial score (nSPS) is 15.0. The molecule has 0 saturated heterocycles. The highest BCUT2D eigenvalue weighted by Crippen LogP contribution is 2.44. The highest BCUT2D eigenvalue weighted by molar-refractivity contribution is 6.00. The Morgan fingerprint density at radius 1 is 0.941 bits per heavy atom. The zero-order valence-electron chi connectivity index (χ0n) is 19.9. The molecule has 0 unspecified atom stereocenters. The van der Waals surface area contributed by atoms with E-state index in [2.05, 4.69) is 62.4 Å². The van der Waals surface area contributed by atoms with Crippen molar-refractivity contribution in [1.82, 2.24) is 14.7 Å². The van der Waals surface area contributed by atoms with Gasteiger partial charge in [0.2, 0.25) is 0 Å². The highest BCUT2D eigenvalue weighted by Gasteiger charge is 2.43. The summed E-state index contributed by atoms with van der Waals surface area (Å²) in [6.07, 6.45) is 0.961. The van der Waals surface area contributed by atoms with E-state index < -0.39 is 0 Å². The Hall–Kier alpha value is -3.86. The summed E-state index contributed by atoms with van der Waals surface area (Å²) in [7, 11) is 1.86. The molecule has 5 heteroatoms. The third-order valence-electron chi connectivity index (χ3n) is 6.32. The number of fused-ring (bicyclic) bond motifs is 1. The molecule has 0 saturated carbocycles. The van der Waals surface area contributed by atoms with Gasteiger partial charge >= 0.3 is 0 Å². The van der Waals surface area contributed by atoms with E-state index >= 15 is 0 Å². The summed E-state index contributed by atoms with van der Waals surface area (Å²) < 4.78 is 7.54. The second kappa shape index (κ2) is 9.18. The molecule has 5 nitrogen and oxygen atoms in total. The molecule has 1 atom stereocenters. The van der Waals surface area contributed by atoms with Crippen molar-refractivity contribution in [2.24, 2.45) is 7.05 Å². The van der Waals surface area contributed by atoms with E-state index in [4.69, 9.17) is 9.84 Å². The van der Waals surface area contributed by atoms with Crippen molar-refractivity contribution < 1.29 is 9.53 Å². The van der Waals surface area contributed by atoms with Gasteiger partial charge < -0.3 is 9.64 Å². The molecule has 0 spiro atoms. The van der Waals surface area contributed by atoms with Gasteiger partial charge in [0.05, 0.1) is 18.3 Å². The smallest absolute Gasteiger partial charge is 0.273 e. The predicted molar refractivity (Wildman–Crippen MR) is 134 cm³/mol. The van der Waals surface area contributed by atoms with Crippen molar-refractivity contribution in [3.8, 4) is 17.0 Å². The summed E-state index contributed by atoms with van der Waals surface area (Å²) >= 11 is 0. The van der Waals surface area contributed by atoms with Crippen LogP contribution in [0, 0.1) is 6.92 Å². The van der Waals surface area contributed by atoms with Crippen LogP contribution in [0.15, 0.2) is 78.9 Å². The van der Waals surface area contributed by atoms with Crippen LogP contribution in [-0.2, 0) is 13.6 Å². The van der Waals surface area contributed by atoms with Crippen molar-refractivity contribution in [2.75, 3.05) is 6.61 Å². The molecule has 1 aliphatic rings. The molecular formula is C29H29N3O2. The zero-order valence-corrected chi connectivity index (χ0v) is 19.9. The Morgan fingerprint density at radius 3 is 2.32 bits per heavy atom. The molecule has 0 radical (unpaired) electrons. The first-order valence-electron chi connectivity index (χ1n) is 11.8. The number of nitrogens with zero attached hydrogens (tertiary/aromatic N) is 3. The lowest BCUT2D eigenvalue weighted by atomic mass is 9.95. The van der Waals surface area contributed by atoms with Crippen molar-refractivity contribution in [3.63, 3.8) is 0 Å². The third kappa shape index (κ3) is 3.98. The molecule has 0 fully saturated rings. The van der Waals surface area contributed by atoms with Gasteiger partial charge in [0.1, 0.15) is 11.4 Å². The summed E-state index contributed by atoms with van der Waals surface area (Å²) in [5, 5.41) is 4.80. The average molecular weight is 452 g/mol. The summed E-state index contributed by atoms with van der Waals surface area (Å²) in [5.41, 5.74) is 6.84. The van der Waals surface area contributed by atoms with Gasteiger partial charge in [-0.3, -0.25) is 9.48 Å². The SMILES string of the molecule is CCCOc1ccc([C@@H]2c3c(-c4ccc(C)cc4)nn(C)c3C(=O)N2Cc2ccccc2)cc1. The Labute approximate surface area is 200 Å². The number of ether oxygens (including phenoxy) is 1. The molecule has 2 heterocycles. The maximum Gasteiger partial charge on any atom is 0.273 e. The number of carbonyl (C=O) groups is 1. The Kier molecular flexibility index (Phi) is 5.93. The van der Waals surface area contributed by atoms with Gasteiger partial charge in [0, 0.05) is 24.7 Å². The number of hydrogen-bond acceptors (Lipinski definition) is 3. The van der Waals surface area contributed by atoms with Gasteiger partial charge in [-0.25, -0.2) is 0 Å². The van der Waals surface area contributed by atoms with Crippen LogP contribution in [0.4, 0.5) is 0 Å². The number of benzene rings is 3. The summed E-state index contributed by atoms with van der Waals surface area (Å²) in [4.78, 5) is 15.7. The number of carbonyl (C=O) groups excluding carboxylic acids is 1. The third-order valence-corrected chi connectivity index (χ3v) is 6.32. The van der Waals surface area contributed by atoms with Crippen molar-refractivity contribution in [1.29, 1.82) is 0 Å². The minimum Gasteiger partial charge on any atom is -0.494 e. The van der Waals surface area contributed by atoms with Gasteiger partial charge in [0.25, 0.3) is 5.91 Å². The van der Waals surface area contributed by atoms with Gasteiger partial charge in [-0.05, 0) is 36.6 Å². The molecule has 0 N–H and O–H groups in total. The molecule has 172 valence electrons. The molecule has 1 aromatic heterocycles. The first-order valence-corrected chi connectivity index (χ1v) is 11.8. The first kappa shape index (κ1) is 22.0. The quantitative estimate of drug-likeness (QED) is 0.350. The molecule has 3 aromatic carbocycles. The lowest BCUT2D eigenvalue weighted by molar-refractivity contribution is 0.0726. The second-order valence-corrected chi connectivity index (χ2v) is 8.84. The van der Waals surface area contributed by atoms with Gasteiger partial charge in [-0.1, -0.05) is 79.2 Å². The molecule has 0 aliphatic carbocycles. The van der Waals surface area contributed by atoms with E-state index in [1.165, 1.54) is 5.56 Å². The highest BCUT2D eigenvalue weighted by atomic mass is 16.5. The van der Waals surface area contributed by atoms with Crippen LogP contribution in [0.3, 0.4) is 0 Å². The van der Waals surface area contributed by atoms with Gasteiger partial charge in [0.15, 0.2) is 0 Å². The van der Waals surface area contributed by atoms with Crippen molar-refractivity contribution >= 4 is 5.91 Å². The topological polar surface area (TPSA) is 47.4 Å². The molecule has 1 amide bonds. The number of hydrogen-bond donors (Lipinski definition) is 0. The van der Waals surface area contributed by atoms with Gasteiger partial charge in [-0.15, -0.1) is 0 Å².